The summed E-state index contributed by atoms with van der Waals surface area (Å²) >= 11 is 5.87. The summed E-state index contributed by atoms with van der Waals surface area (Å²) in [6.07, 6.45) is 0. The van der Waals surface area contributed by atoms with Crippen molar-refractivity contribution in [3.8, 4) is 0 Å². The Hall–Kier alpha value is -2.37. The number of hydrogen-bond donors (Lipinski definition) is 1. The van der Waals surface area contributed by atoms with Crippen molar-refractivity contribution in [2.24, 2.45) is 0 Å². The molecule has 1 aliphatic heterocycles. The number of benzene rings is 2. The Morgan fingerprint density at radius 2 is 1.63 bits per heavy atom. The molecule has 1 fully saturated rings. The number of hydrogen-bond acceptors (Lipinski definition) is 3. The van der Waals surface area contributed by atoms with E-state index in [9.17, 15) is 9.59 Å². The van der Waals surface area contributed by atoms with Gasteiger partial charge in [0, 0.05) is 42.5 Å². The molecule has 0 radical (unpaired) electrons. The van der Waals surface area contributed by atoms with Crippen molar-refractivity contribution < 1.29 is 9.59 Å². The van der Waals surface area contributed by atoms with Gasteiger partial charge in [0.25, 0.3) is 5.91 Å². The van der Waals surface area contributed by atoms with Crippen LogP contribution in [0.1, 0.15) is 21.5 Å². The van der Waals surface area contributed by atoms with E-state index in [-0.39, 0.29) is 11.8 Å². The summed E-state index contributed by atoms with van der Waals surface area (Å²) in [5.74, 6) is -0.0263. The van der Waals surface area contributed by atoms with Crippen molar-refractivity contribution in [1.82, 2.24) is 9.80 Å². The predicted molar refractivity (Wildman–Crippen MR) is 108 cm³/mol. The number of halogens is 1. The van der Waals surface area contributed by atoms with E-state index in [4.69, 9.17) is 11.6 Å². The molecule has 3 rings (SSSR count). The highest BCUT2D eigenvalue weighted by Gasteiger charge is 2.23. The summed E-state index contributed by atoms with van der Waals surface area (Å²) < 4.78 is 0. The highest BCUT2D eigenvalue weighted by Crippen LogP contribution is 2.15. The van der Waals surface area contributed by atoms with E-state index in [0.717, 1.165) is 11.3 Å². The Kier molecular flexibility index (Phi) is 6.14. The Labute approximate surface area is 164 Å². The van der Waals surface area contributed by atoms with E-state index in [1.807, 2.05) is 36.9 Å². The minimum Gasteiger partial charge on any atom is -0.336 e. The summed E-state index contributed by atoms with van der Waals surface area (Å²) in [5.41, 5.74) is 3.82. The third-order valence-corrected chi connectivity index (χ3v) is 5.16. The fourth-order valence-electron chi connectivity index (χ4n) is 3.11. The molecule has 1 saturated heterocycles. The van der Waals surface area contributed by atoms with E-state index in [0.29, 0.717) is 43.3 Å². The number of nitrogens with zero attached hydrogens (tertiary/aromatic N) is 2. The van der Waals surface area contributed by atoms with E-state index >= 15 is 0 Å². The molecule has 1 heterocycles. The number of amides is 2. The highest BCUT2D eigenvalue weighted by atomic mass is 35.5. The first kappa shape index (κ1) is 19.4. The maximum Gasteiger partial charge on any atom is 0.253 e. The minimum absolute atomic E-state index is 0.00546. The molecule has 2 amide bonds. The lowest BCUT2D eigenvalue weighted by atomic mass is 10.1. The third kappa shape index (κ3) is 5.08. The quantitative estimate of drug-likeness (QED) is 0.878. The molecule has 0 aromatic heterocycles. The molecule has 0 aliphatic carbocycles. The maximum absolute atomic E-state index is 12.5. The minimum atomic E-state index is -0.0317. The zero-order valence-electron chi connectivity index (χ0n) is 15.7. The predicted octanol–water partition coefficient (Wildman–Crippen LogP) is 3.35. The van der Waals surface area contributed by atoms with Crippen LogP contribution in [0.4, 0.5) is 5.69 Å². The number of carbonyl (C=O) groups excluding carboxylic acids is 2. The van der Waals surface area contributed by atoms with Crippen LogP contribution in [0.2, 0.25) is 5.02 Å². The Morgan fingerprint density at radius 1 is 0.963 bits per heavy atom. The van der Waals surface area contributed by atoms with Crippen molar-refractivity contribution in [1.29, 1.82) is 0 Å². The summed E-state index contributed by atoms with van der Waals surface area (Å²) in [5, 5.41) is 3.57. The van der Waals surface area contributed by atoms with Gasteiger partial charge < -0.3 is 10.2 Å². The molecule has 5 nitrogen and oxygen atoms in total. The number of carbonyl (C=O) groups is 2. The number of rotatable bonds is 4. The van der Waals surface area contributed by atoms with Gasteiger partial charge in [0.2, 0.25) is 5.91 Å². The van der Waals surface area contributed by atoms with Crippen LogP contribution in [0.25, 0.3) is 0 Å². The van der Waals surface area contributed by atoms with E-state index < -0.39 is 0 Å². The van der Waals surface area contributed by atoms with Crippen molar-refractivity contribution >= 4 is 29.1 Å². The zero-order valence-corrected chi connectivity index (χ0v) is 16.4. The van der Waals surface area contributed by atoms with E-state index in [1.165, 1.54) is 5.56 Å². The lowest BCUT2D eigenvalue weighted by molar-refractivity contribution is -0.117. The van der Waals surface area contributed by atoms with Gasteiger partial charge in [-0.05, 0) is 61.4 Å². The number of aryl methyl sites for hydroxylation is 2. The summed E-state index contributed by atoms with van der Waals surface area (Å²) in [7, 11) is 0. The van der Waals surface area contributed by atoms with Gasteiger partial charge in [0.15, 0.2) is 0 Å². The van der Waals surface area contributed by atoms with E-state index in [1.54, 1.807) is 24.3 Å². The SMILES string of the molecule is Cc1ccc(NC(=O)CN2CCN(C(=O)c3ccc(Cl)cc3)CC2)cc1C. The average molecular weight is 386 g/mol. The van der Waals surface area contributed by atoms with Crippen LogP contribution in [0.5, 0.6) is 0 Å². The third-order valence-electron chi connectivity index (χ3n) is 4.91. The molecule has 1 aliphatic rings. The van der Waals surface area contributed by atoms with Gasteiger partial charge in [-0.3, -0.25) is 14.5 Å². The summed E-state index contributed by atoms with van der Waals surface area (Å²) in [6.45, 7) is 6.99. The number of anilines is 1. The molecule has 2 aromatic carbocycles. The Bertz CT molecular complexity index is 828. The lowest BCUT2D eigenvalue weighted by Gasteiger charge is -2.34. The van der Waals surface area contributed by atoms with Crippen LogP contribution < -0.4 is 5.32 Å². The van der Waals surface area contributed by atoms with Gasteiger partial charge in [-0.1, -0.05) is 17.7 Å². The molecule has 0 saturated carbocycles. The second-order valence-corrected chi connectivity index (χ2v) is 7.36. The first-order valence-corrected chi connectivity index (χ1v) is 9.44. The van der Waals surface area contributed by atoms with Gasteiger partial charge >= 0.3 is 0 Å². The van der Waals surface area contributed by atoms with Crippen LogP contribution in [0.15, 0.2) is 42.5 Å². The normalized spacial score (nSPS) is 14.9. The molecule has 0 atom stereocenters. The topological polar surface area (TPSA) is 52.7 Å². The van der Waals surface area contributed by atoms with Gasteiger partial charge in [0.1, 0.15) is 0 Å². The monoisotopic (exact) mass is 385 g/mol. The maximum atomic E-state index is 12.5. The average Bonchev–Trinajstić information content (AvgIpc) is 2.65. The van der Waals surface area contributed by atoms with Crippen molar-refractivity contribution in [2.45, 2.75) is 13.8 Å². The Morgan fingerprint density at radius 3 is 2.26 bits per heavy atom. The van der Waals surface area contributed by atoms with Crippen LogP contribution in [0, 0.1) is 13.8 Å². The van der Waals surface area contributed by atoms with Gasteiger partial charge in [0.05, 0.1) is 6.54 Å². The van der Waals surface area contributed by atoms with Gasteiger partial charge in [-0.2, -0.15) is 0 Å². The van der Waals surface area contributed by atoms with Gasteiger partial charge in [-0.15, -0.1) is 0 Å². The number of nitrogens with one attached hydrogen (secondary N) is 1. The molecule has 0 bridgehead atoms. The van der Waals surface area contributed by atoms with Crippen LogP contribution >= 0.6 is 11.6 Å². The molecule has 0 spiro atoms. The summed E-state index contributed by atoms with van der Waals surface area (Å²) in [6, 6.07) is 12.8. The van der Waals surface area contributed by atoms with Crippen molar-refractivity contribution in [3.05, 3.63) is 64.2 Å². The molecule has 142 valence electrons. The molecular weight excluding hydrogens is 362 g/mol. The smallest absolute Gasteiger partial charge is 0.253 e. The first-order chi connectivity index (χ1) is 12.9. The molecule has 6 heteroatoms. The fraction of sp³-hybridized carbons (Fsp3) is 0.333. The van der Waals surface area contributed by atoms with Crippen LogP contribution in [-0.2, 0) is 4.79 Å². The molecule has 27 heavy (non-hydrogen) atoms. The van der Waals surface area contributed by atoms with Crippen LogP contribution in [0.3, 0.4) is 0 Å². The second kappa shape index (κ2) is 8.55. The van der Waals surface area contributed by atoms with Crippen LogP contribution in [-0.4, -0.2) is 54.3 Å². The first-order valence-electron chi connectivity index (χ1n) is 9.06. The highest BCUT2D eigenvalue weighted by molar-refractivity contribution is 6.30. The molecule has 1 N–H and O–H groups in total. The second-order valence-electron chi connectivity index (χ2n) is 6.92. The molecule has 2 aromatic rings. The zero-order chi connectivity index (χ0) is 19.4. The van der Waals surface area contributed by atoms with Gasteiger partial charge in [-0.25, -0.2) is 0 Å². The van der Waals surface area contributed by atoms with Crippen molar-refractivity contribution in [2.75, 3.05) is 38.0 Å². The van der Waals surface area contributed by atoms with Crippen molar-refractivity contribution in [3.63, 3.8) is 0 Å². The standard InChI is InChI=1S/C21H24ClN3O2/c1-15-3-8-19(13-16(15)2)23-20(26)14-24-9-11-25(12-10-24)21(27)17-4-6-18(22)7-5-17/h3-8,13H,9-12,14H2,1-2H3,(H,23,26). The fourth-order valence-corrected chi connectivity index (χ4v) is 3.23. The molecular formula is C21H24ClN3O2. The summed E-state index contributed by atoms with van der Waals surface area (Å²) in [4.78, 5) is 28.7. The molecule has 0 unspecified atom stereocenters. The lowest BCUT2D eigenvalue weighted by Crippen LogP contribution is -2.50. The largest absolute Gasteiger partial charge is 0.336 e. The number of piperazine rings is 1. The Balaban J connectivity index is 1.48. The van der Waals surface area contributed by atoms with E-state index in [2.05, 4.69) is 10.2 Å².